The van der Waals surface area contributed by atoms with Crippen molar-refractivity contribution in [3.05, 3.63) is 87.8 Å². The molecule has 178 valence electrons. The first-order valence-electron chi connectivity index (χ1n) is 10.8. The van der Waals surface area contributed by atoms with Gasteiger partial charge in [0.25, 0.3) is 11.1 Å². The molecule has 1 fully saturated rings. The molecule has 35 heavy (non-hydrogen) atoms. The number of thioether (sulfide) groups is 1. The summed E-state index contributed by atoms with van der Waals surface area (Å²) in [5, 5.41) is 0.0513. The van der Waals surface area contributed by atoms with Gasteiger partial charge in [0.1, 0.15) is 24.7 Å². The van der Waals surface area contributed by atoms with Gasteiger partial charge in [-0.2, -0.15) is 0 Å². The Kier molecular flexibility index (Phi) is 6.83. The number of halogens is 1. The Morgan fingerprint density at radius 1 is 0.914 bits per heavy atom. The van der Waals surface area contributed by atoms with E-state index in [-0.39, 0.29) is 24.5 Å². The normalized spacial score (nSPS) is 15.7. The molecule has 0 spiro atoms. The van der Waals surface area contributed by atoms with Gasteiger partial charge in [-0.15, -0.1) is 0 Å². The SMILES string of the molecule is O=C1S/C(=C\c2ccc(OCCOc3ccccc3)cc2)C(=O)N1Cc1cc2c(cc1Cl)OCO2. The highest BCUT2D eigenvalue weighted by Gasteiger charge is 2.35. The third kappa shape index (κ3) is 5.39. The summed E-state index contributed by atoms with van der Waals surface area (Å²) in [4.78, 5) is 27.0. The lowest BCUT2D eigenvalue weighted by molar-refractivity contribution is -0.123. The molecule has 0 atom stereocenters. The molecule has 2 heterocycles. The zero-order valence-corrected chi connectivity index (χ0v) is 20.0. The van der Waals surface area contributed by atoms with Crippen LogP contribution in [-0.4, -0.2) is 36.1 Å². The molecule has 9 heteroatoms. The Labute approximate surface area is 211 Å². The molecule has 3 aromatic carbocycles. The number of imide groups is 1. The number of nitrogens with zero attached hydrogens (tertiary/aromatic N) is 1. The summed E-state index contributed by atoms with van der Waals surface area (Å²) in [6.45, 7) is 0.988. The molecule has 0 saturated carbocycles. The highest BCUT2D eigenvalue weighted by molar-refractivity contribution is 8.18. The van der Waals surface area contributed by atoms with Crippen LogP contribution in [0.2, 0.25) is 5.02 Å². The van der Waals surface area contributed by atoms with Gasteiger partial charge in [0.05, 0.1) is 11.4 Å². The van der Waals surface area contributed by atoms with Gasteiger partial charge >= 0.3 is 0 Å². The van der Waals surface area contributed by atoms with Crippen LogP contribution < -0.4 is 18.9 Å². The number of amides is 2. The molecule has 0 radical (unpaired) electrons. The van der Waals surface area contributed by atoms with Gasteiger partial charge in [0.15, 0.2) is 11.5 Å². The molecule has 1 saturated heterocycles. The van der Waals surface area contributed by atoms with E-state index in [1.54, 1.807) is 18.2 Å². The number of para-hydroxylation sites is 1. The average Bonchev–Trinajstić information content (AvgIpc) is 3.42. The van der Waals surface area contributed by atoms with Crippen LogP contribution >= 0.6 is 23.4 Å². The summed E-state index contributed by atoms with van der Waals surface area (Å²) in [7, 11) is 0. The number of carbonyl (C=O) groups is 2. The van der Waals surface area contributed by atoms with Crippen LogP contribution in [0.3, 0.4) is 0 Å². The van der Waals surface area contributed by atoms with Gasteiger partial charge in [-0.1, -0.05) is 41.9 Å². The maximum Gasteiger partial charge on any atom is 0.293 e. The highest BCUT2D eigenvalue weighted by atomic mass is 35.5. The van der Waals surface area contributed by atoms with E-state index in [2.05, 4.69) is 0 Å². The summed E-state index contributed by atoms with van der Waals surface area (Å²) >= 11 is 7.21. The molecule has 0 aliphatic carbocycles. The minimum absolute atomic E-state index is 0.0509. The van der Waals surface area contributed by atoms with Gasteiger partial charge in [-0.25, -0.2) is 0 Å². The number of hydrogen-bond donors (Lipinski definition) is 0. The Hall–Kier alpha value is -3.62. The zero-order chi connectivity index (χ0) is 24.2. The van der Waals surface area contributed by atoms with E-state index in [4.69, 9.17) is 30.5 Å². The standard InChI is InChI=1S/C26H20ClNO6S/c27-21-14-23-22(33-16-34-23)13-18(21)15-28-25(29)24(35-26(28)30)12-17-6-8-20(9-7-17)32-11-10-31-19-4-2-1-3-5-19/h1-9,12-14H,10-11,15-16H2/b24-12-. The van der Waals surface area contributed by atoms with Gasteiger partial charge in [0, 0.05) is 11.1 Å². The molecule has 5 rings (SSSR count). The molecule has 2 aliphatic heterocycles. The van der Waals surface area contributed by atoms with Crippen LogP contribution in [0, 0.1) is 0 Å². The number of benzene rings is 3. The predicted molar refractivity (Wildman–Crippen MR) is 133 cm³/mol. The van der Waals surface area contributed by atoms with Crippen LogP contribution in [0.5, 0.6) is 23.0 Å². The van der Waals surface area contributed by atoms with Crippen molar-refractivity contribution >= 4 is 40.6 Å². The van der Waals surface area contributed by atoms with E-state index in [1.165, 1.54) is 4.90 Å². The van der Waals surface area contributed by atoms with Crippen LogP contribution in [0.4, 0.5) is 4.79 Å². The largest absolute Gasteiger partial charge is 0.490 e. The van der Waals surface area contributed by atoms with Crippen LogP contribution in [0.1, 0.15) is 11.1 Å². The Bertz CT molecular complexity index is 1280. The fourth-order valence-corrected chi connectivity index (χ4v) is 4.59. The second-order valence-electron chi connectivity index (χ2n) is 7.64. The Morgan fingerprint density at radius 3 is 2.29 bits per heavy atom. The fourth-order valence-electron chi connectivity index (χ4n) is 3.53. The number of ether oxygens (including phenoxy) is 4. The molecule has 0 N–H and O–H groups in total. The van der Waals surface area contributed by atoms with Crippen molar-refractivity contribution in [3.63, 3.8) is 0 Å². The van der Waals surface area contributed by atoms with Crippen molar-refractivity contribution in [2.24, 2.45) is 0 Å². The molecule has 2 amide bonds. The molecule has 3 aromatic rings. The maximum absolute atomic E-state index is 12.9. The molecular weight excluding hydrogens is 490 g/mol. The lowest BCUT2D eigenvalue weighted by atomic mass is 10.1. The summed E-state index contributed by atoms with van der Waals surface area (Å²) < 4.78 is 22.0. The van der Waals surface area contributed by atoms with Gasteiger partial charge in [0.2, 0.25) is 6.79 Å². The number of carbonyl (C=O) groups excluding carboxylic acids is 2. The summed E-state index contributed by atoms with van der Waals surface area (Å²) in [5.74, 6) is 2.20. The van der Waals surface area contributed by atoms with E-state index in [9.17, 15) is 9.59 Å². The topological polar surface area (TPSA) is 74.3 Å². The predicted octanol–water partition coefficient (Wildman–Crippen LogP) is 5.76. The lowest BCUT2D eigenvalue weighted by Gasteiger charge is -2.14. The maximum atomic E-state index is 12.9. The molecule has 0 aromatic heterocycles. The summed E-state index contributed by atoms with van der Waals surface area (Å²) in [6.07, 6.45) is 1.69. The summed E-state index contributed by atoms with van der Waals surface area (Å²) in [6, 6.07) is 20.1. The first-order chi connectivity index (χ1) is 17.1. The van der Waals surface area contributed by atoms with Crippen molar-refractivity contribution in [2.75, 3.05) is 20.0 Å². The quantitative estimate of drug-likeness (QED) is 0.282. The molecule has 7 nitrogen and oxygen atoms in total. The first-order valence-corrected chi connectivity index (χ1v) is 12.0. The van der Waals surface area contributed by atoms with E-state index in [1.807, 2.05) is 54.6 Å². The fraction of sp³-hybridized carbons (Fsp3) is 0.154. The second-order valence-corrected chi connectivity index (χ2v) is 9.04. The first kappa shape index (κ1) is 23.1. The second kappa shape index (κ2) is 10.3. The smallest absolute Gasteiger partial charge is 0.293 e. The molecule has 2 aliphatic rings. The van der Waals surface area contributed by atoms with Crippen molar-refractivity contribution < 1.29 is 28.5 Å². The van der Waals surface area contributed by atoms with Crippen LogP contribution in [-0.2, 0) is 11.3 Å². The Morgan fingerprint density at radius 2 is 1.57 bits per heavy atom. The zero-order valence-electron chi connectivity index (χ0n) is 18.4. The van der Waals surface area contributed by atoms with Gasteiger partial charge < -0.3 is 18.9 Å². The Balaban J connectivity index is 1.18. The number of rotatable bonds is 8. The molecular formula is C26H20ClNO6S. The van der Waals surface area contributed by atoms with E-state index < -0.39 is 0 Å². The van der Waals surface area contributed by atoms with Gasteiger partial charge in [-0.3, -0.25) is 14.5 Å². The number of fused-ring (bicyclic) bond motifs is 1. The van der Waals surface area contributed by atoms with Crippen molar-refractivity contribution in [2.45, 2.75) is 6.54 Å². The third-order valence-corrected chi connectivity index (χ3v) is 6.54. The molecule has 0 unspecified atom stereocenters. The summed E-state index contributed by atoms with van der Waals surface area (Å²) in [5.41, 5.74) is 1.39. The molecule has 0 bridgehead atoms. The van der Waals surface area contributed by atoms with Crippen LogP contribution in [0.25, 0.3) is 6.08 Å². The van der Waals surface area contributed by atoms with E-state index in [0.717, 1.165) is 23.1 Å². The average molecular weight is 510 g/mol. The van der Waals surface area contributed by atoms with Crippen LogP contribution in [0.15, 0.2) is 71.6 Å². The monoisotopic (exact) mass is 509 g/mol. The number of hydrogen-bond acceptors (Lipinski definition) is 7. The van der Waals surface area contributed by atoms with Crippen molar-refractivity contribution in [1.29, 1.82) is 0 Å². The van der Waals surface area contributed by atoms with E-state index in [0.29, 0.717) is 46.0 Å². The minimum atomic E-state index is -0.368. The lowest BCUT2D eigenvalue weighted by Crippen LogP contribution is -2.27. The van der Waals surface area contributed by atoms with Crippen molar-refractivity contribution in [1.82, 2.24) is 4.90 Å². The minimum Gasteiger partial charge on any atom is -0.490 e. The highest BCUT2D eigenvalue weighted by Crippen LogP contribution is 2.39. The third-order valence-electron chi connectivity index (χ3n) is 5.29. The van der Waals surface area contributed by atoms with Gasteiger partial charge in [-0.05, 0) is 59.3 Å². The van der Waals surface area contributed by atoms with Crippen molar-refractivity contribution in [3.8, 4) is 23.0 Å². The van der Waals surface area contributed by atoms with E-state index >= 15 is 0 Å².